The van der Waals surface area contributed by atoms with Crippen molar-refractivity contribution in [3.8, 4) is 0 Å². The maximum absolute atomic E-state index is 13.3. The van der Waals surface area contributed by atoms with Gasteiger partial charge in [0.05, 0.1) is 19.3 Å². The summed E-state index contributed by atoms with van der Waals surface area (Å²) in [5.41, 5.74) is 1.53. The number of carbonyl (C=O) groups is 8. The van der Waals surface area contributed by atoms with Crippen LogP contribution in [0.4, 0.5) is 15.3 Å². The van der Waals surface area contributed by atoms with E-state index in [0.29, 0.717) is 26.2 Å². The molecule has 8 amide bonds. The average molecular weight is 943 g/mol. The zero-order valence-corrected chi connectivity index (χ0v) is 37.7. The molecule has 2 aromatic carbocycles. The van der Waals surface area contributed by atoms with Gasteiger partial charge in [-0.05, 0) is 52.3 Å². The molecular formula is C40H46N8O13S3. The van der Waals surface area contributed by atoms with Gasteiger partial charge >= 0.3 is 24.0 Å². The van der Waals surface area contributed by atoms with Crippen LogP contribution in [-0.2, 0) is 43.5 Å². The van der Waals surface area contributed by atoms with E-state index in [-0.39, 0.29) is 31.1 Å². The van der Waals surface area contributed by atoms with Gasteiger partial charge in [0.15, 0.2) is 6.73 Å². The maximum Gasteiger partial charge on any atom is 0.341 e. The molecule has 8 rings (SSSR count). The van der Waals surface area contributed by atoms with E-state index in [1.54, 1.807) is 69.9 Å². The van der Waals surface area contributed by atoms with Crippen LogP contribution >= 0.6 is 23.5 Å². The highest BCUT2D eigenvalue weighted by Crippen LogP contribution is 2.52. The van der Waals surface area contributed by atoms with Crippen LogP contribution in [0.3, 0.4) is 0 Å². The van der Waals surface area contributed by atoms with Gasteiger partial charge in [-0.2, -0.15) is 0 Å². The number of carbonyl (C=O) groups excluding carboxylic acids is 6. The number of para-hydroxylation sites is 1. The van der Waals surface area contributed by atoms with E-state index in [0.717, 1.165) is 11.9 Å². The lowest BCUT2D eigenvalue weighted by atomic mass is 9.95. The number of hydrogen-bond donors (Lipinski definition) is 5. The second kappa shape index (κ2) is 16.8. The summed E-state index contributed by atoms with van der Waals surface area (Å²) in [4.78, 5) is 105. The number of urea groups is 2. The second-order valence-electron chi connectivity index (χ2n) is 16.6. The fraction of sp³-hybridized carbons (Fsp3) is 0.450. The Balaban J connectivity index is 0.000000197. The summed E-state index contributed by atoms with van der Waals surface area (Å²) >= 11 is 2.66. The van der Waals surface area contributed by atoms with Crippen molar-refractivity contribution >= 4 is 86.9 Å². The summed E-state index contributed by atoms with van der Waals surface area (Å²) in [6, 6.07) is 10.5. The molecule has 6 heterocycles. The molecule has 4 unspecified atom stereocenters. The molecule has 5 saturated heterocycles. The Kier molecular flexibility index (Phi) is 12.1. The fourth-order valence-corrected chi connectivity index (χ4v) is 12.5. The quantitative estimate of drug-likeness (QED) is 0.209. The lowest BCUT2D eigenvalue weighted by Crippen LogP contribution is -2.71. The third kappa shape index (κ3) is 8.17. The van der Waals surface area contributed by atoms with E-state index in [1.165, 1.54) is 33.3 Å². The fourth-order valence-electron chi connectivity index (χ4n) is 8.48. The number of hydrogen-bond acceptors (Lipinski definition) is 14. The smallest absolute Gasteiger partial charge is 0.341 e. The van der Waals surface area contributed by atoms with Crippen LogP contribution < -0.4 is 20.9 Å². The number of benzene rings is 2. The Labute approximate surface area is 375 Å². The molecule has 24 heteroatoms. The van der Waals surface area contributed by atoms with Crippen molar-refractivity contribution in [1.29, 1.82) is 0 Å². The summed E-state index contributed by atoms with van der Waals surface area (Å²) in [7, 11) is -3.87. The van der Waals surface area contributed by atoms with Gasteiger partial charge in [0, 0.05) is 15.2 Å². The average Bonchev–Trinajstić information content (AvgIpc) is 3.96. The Hall–Kier alpha value is -6.01. The Morgan fingerprint density at radius 1 is 0.781 bits per heavy atom. The summed E-state index contributed by atoms with van der Waals surface area (Å²) < 4.78 is 28.2. The minimum Gasteiger partial charge on any atom is -0.480 e. The monoisotopic (exact) mass is 942 g/mol. The highest BCUT2D eigenvalue weighted by atomic mass is 32.2. The predicted molar refractivity (Wildman–Crippen MR) is 230 cm³/mol. The number of aliphatic carboxylic acids is 2. The number of nitrogens with zero attached hydrogens (tertiary/aromatic N) is 5. The number of nitrogens with one attached hydrogen (secondary N) is 3. The lowest BCUT2D eigenvalue weighted by molar-refractivity contribution is -0.161. The van der Waals surface area contributed by atoms with E-state index in [2.05, 4.69) is 16.0 Å². The zero-order valence-electron chi connectivity index (χ0n) is 35.3. The van der Waals surface area contributed by atoms with Crippen molar-refractivity contribution in [2.75, 3.05) is 31.0 Å². The number of sulfonamides is 1. The SMILES string of the molecule is CC1(C)SC2C(NC(=O)C(NC(=O)N3CCN(S(C)(=O)=O)C3=O)c3ccccc3)C(=O)N2C1C(=O)O.CC1=C(C(=O)N[C@@H]2C(=O)N3[C@@H]2SC(C)(C)[C@@H]3C(=O)O)N(c2ccccc2)CO1. The molecule has 7 atom stereocenters. The minimum atomic E-state index is -3.87. The third-order valence-corrected chi connectivity index (χ3v) is 15.8. The number of ether oxygens (including phenoxy) is 1. The first kappa shape index (κ1) is 46.0. The molecule has 0 aromatic heterocycles. The molecule has 0 spiro atoms. The van der Waals surface area contributed by atoms with Gasteiger partial charge in [0.25, 0.3) is 5.91 Å². The van der Waals surface area contributed by atoms with Gasteiger partial charge in [0.1, 0.15) is 52.4 Å². The van der Waals surface area contributed by atoms with Crippen LogP contribution in [-0.4, -0.2) is 156 Å². The number of anilines is 1. The number of allylic oxidation sites excluding steroid dienone is 1. The molecule has 5 N–H and O–H groups in total. The normalized spacial score (nSPS) is 26.7. The molecule has 6 aliphatic rings. The number of carboxylic acids is 2. The van der Waals surface area contributed by atoms with E-state index in [9.17, 15) is 57.0 Å². The molecule has 0 saturated carbocycles. The third-order valence-electron chi connectivity index (χ3n) is 11.5. The number of amides is 8. The first-order valence-electron chi connectivity index (χ1n) is 19.8. The molecule has 0 radical (unpaired) electrons. The number of rotatable bonds is 10. The van der Waals surface area contributed by atoms with Crippen LogP contribution in [0.25, 0.3) is 0 Å². The minimum absolute atomic E-state index is 0.193. The maximum atomic E-state index is 13.3. The number of imide groups is 1. The summed E-state index contributed by atoms with van der Waals surface area (Å²) in [6.45, 7) is 8.55. The van der Waals surface area contributed by atoms with Crippen LogP contribution in [0, 0.1) is 0 Å². The van der Waals surface area contributed by atoms with E-state index in [4.69, 9.17) is 4.74 Å². The van der Waals surface area contributed by atoms with Crippen molar-refractivity contribution < 1.29 is 61.7 Å². The first-order valence-corrected chi connectivity index (χ1v) is 23.4. The summed E-state index contributed by atoms with van der Waals surface area (Å²) in [5.74, 6) is -3.75. The van der Waals surface area contributed by atoms with Crippen LogP contribution in [0.15, 0.2) is 72.1 Å². The van der Waals surface area contributed by atoms with Crippen molar-refractivity contribution in [3.05, 3.63) is 77.7 Å². The van der Waals surface area contributed by atoms with Gasteiger partial charge in [-0.15, -0.1) is 23.5 Å². The molecular weight excluding hydrogens is 897 g/mol. The highest BCUT2D eigenvalue weighted by Gasteiger charge is 2.65. The van der Waals surface area contributed by atoms with Crippen molar-refractivity contribution in [3.63, 3.8) is 0 Å². The molecule has 21 nitrogen and oxygen atoms in total. The van der Waals surface area contributed by atoms with E-state index < -0.39 is 96.8 Å². The van der Waals surface area contributed by atoms with Gasteiger partial charge in [-0.1, -0.05) is 48.5 Å². The summed E-state index contributed by atoms with van der Waals surface area (Å²) in [6.07, 6.45) is 0.850. The largest absolute Gasteiger partial charge is 0.480 e. The molecule has 64 heavy (non-hydrogen) atoms. The first-order chi connectivity index (χ1) is 30.0. The predicted octanol–water partition coefficient (Wildman–Crippen LogP) is 1.11. The van der Waals surface area contributed by atoms with Crippen molar-refractivity contribution in [1.82, 2.24) is 35.0 Å². The molecule has 0 bridgehead atoms. The van der Waals surface area contributed by atoms with Crippen LogP contribution in [0.2, 0.25) is 0 Å². The van der Waals surface area contributed by atoms with Gasteiger partial charge in [-0.3, -0.25) is 19.2 Å². The Bertz CT molecular complexity index is 2460. The summed E-state index contributed by atoms with van der Waals surface area (Å²) in [5, 5.41) is 25.9. The highest BCUT2D eigenvalue weighted by molar-refractivity contribution is 8.02. The molecule has 5 fully saturated rings. The number of β-lactam (4-membered cyclic amide) rings is 2. The van der Waals surface area contributed by atoms with Crippen LogP contribution in [0.5, 0.6) is 0 Å². The zero-order chi connectivity index (χ0) is 46.8. The number of carboxylic acid groups (broad SMARTS) is 2. The van der Waals surface area contributed by atoms with Gasteiger partial charge < -0.3 is 45.6 Å². The molecule has 2 aromatic rings. The Morgan fingerprint density at radius 2 is 1.28 bits per heavy atom. The molecule has 6 aliphatic heterocycles. The lowest BCUT2D eigenvalue weighted by Gasteiger charge is -2.44. The van der Waals surface area contributed by atoms with Crippen molar-refractivity contribution in [2.24, 2.45) is 0 Å². The number of fused-ring (bicyclic) bond motifs is 2. The number of thioether (sulfide) groups is 2. The molecule has 0 aliphatic carbocycles. The van der Waals surface area contributed by atoms with E-state index >= 15 is 0 Å². The topological polar surface area (TPSA) is 273 Å². The van der Waals surface area contributed by atoms with Crippen LogP contribution in [0.1, 0.15) is 46.2 Å². The van der Waals surface area contributed by atoms with Gasteiger partial charge in [0.2, 0.25) is 27.7 Å². The van der Waals surface area contributed by atoms with Gasteiger partial charge in [-0.25, -0.2) is 36.8 Å². The Morgan fingerprint density at radius 3 is 1.77 bits per heavy atom. The standard InChI is InChI=1S/C21H25N5O8S2.C19H21N3O5S/c1-21(2)14(18(29)30)26-16(28)13(17(26)35-21)22-15(27)12(11-7-5-4-6-8-11)23-19(31)24-9-10-25(20(24)32)36(3,33)34;1-10-13(21(9-27-10)11-7-5-4-6-8-11)15(23)20-12-16(24)22-14(18(25)26)19(2,3)28-17(12)22/h4-8,12-14,17H,9-10H2,1-3H3,(H,22,27)(H,23,31)(H,29,30);4-8,12,14,17H,9H2,1-3H3,(H,20,23)(H,25,26)/t;12-,14+,17-/m.1/s1. The second-order valence-corrected chi connectivity index (χ2v) is 22.1. The van der Waals surface area contributed by atoms with Crippen molar-refractivity contribution in [2.45, 2.75) is 85.1 Å². The molecule has 342 valence electrons. The van der Waals surface area contributed by atoms with E-state index in [1.807, 2.05) is 30.3 Å².